The summed E-state index contributed by atoms with van der Waals surface area (Å²) in [5.41, 5.74) is 3.78. The van der Waals surface area contributed by atoms with Gasteiger partial charge in [-0.25, -0.2) is 0 Å². The van der Waals surface area contributed by atoms with Crippen LogP contribution in [0.25, 0.3) is 10.9 Å². The maximum atomic E-state index is 5.05. The van der Waals surface area contributed by atoms with Gasteiger partial charge in [-0.3, -0.25) is 0 Å². The summed E-state index contributed by atoms with van der Waals surface area (Å²) in [5.74, 6) is 0. The first kappa shape index (κ1) is 11.1. The average Bonchev–Trinajstić information content (AvgIpc) is 3.00. The van der Waals surface area contributed by atoms with Gasteiger partial charge in [-0.1, -0.05) is 18.2 Å². The first-order valence-corrected chi connectivity index (χ1v) is 6.09. The number of hydrogen-bond donors (Lipinski definition) is 1. The fraction of sp³-hybridized carbons (Fsp3) is 0.200. The Labute approximate surface area is 106 Å². The van der Waals surface area contributed by atoms with Crippen molar-refractivity contribution in [1.82, 2.24) is 9.88 Å². The molecule has 0 spiro atoms. The molecule has 0 aliphatic rings. The normalized spacial score (nSPS) is 11.2. The molecule has 0 fully saturated rings. The highest BCUT2D eigenvalue weighted by molar-refractivity contribution is 5.83. The van der Waals surface area contributed by atoms with E-state index in [1.807, 2.05) is 6.07 Å². The number of fused-ring (bicyclic) bond motifs is 1. The second kappa shape index (κ2) is 4.70. The minimum absolute atomic E-state index is 0.833. The summed E-state index contributed by atoms with van der Waals surface area (Å²) in [6.45, 7) is 1.70. The van der Waals surface area contributed by atoms with Crippen LogP contribution < -0.4 is 5.32 Å². The zero-order chi connectivity index (χ0) is 12.4. The number of rotatable bonds is 4. The van der Waals surface area contributed by atoms with E-state index in [0.717, 1.165) is 13.1 Å². The minimum atomic E-state index is 0.833. The summed E-state index contributed by atoms with van der Waals surface area (Å²) in [4.78, 5) is 0. The predicted octanol–water partition coefficient (Wildman–Crippen LogP) is 3.06. The largest absolute Gasteiger partial charge is 0.472 e. The summed E-state index contributed by atoms with van der Waals surface area (Å²) in [6.07, 6.45) is 5.66. The molecular weight excluding hydrogens is 224 g/mol. The standard InChI is InChI=1S/C15H16N2O/c1-17-10-13(14-4-2-3-5-15(14)17)9-16-8-12-6-7-18-11-12/h2-7,10-11,16H,8-9H2,1H3. The van der Waals surface area contributed by atoms with E-state index in [0.29, 0.717) is 0 Å². The lowest BCUT2D eigenvalue weighted by Crippen LogP contribution is -2.11. The molecule has 0 radical (unpaired) electrons. The fourth-order valence-corrected chi connectivity index (χ4v) is 2.30. The summed E-state index contributed by atoms with van der Waals surface area (Å²) >= 11 is 0. The molecule has 0 saturated carbocycles. The molecule has 0 saturated heterocycles. The van der Waals surface area contributed by atoms with Crippen molar-refractivity contribution in [2.24, 2.45) is 7.05 Å². The van der Waals surface area contributed by atoms with Crippen molar-refractivity contribution in [1.29, 1.82) is 0 Å². The van der Waals surface area contributed by atoms with Crippen LogP contribution in [-0.4, -0.2) is 4.57 Å². The molecule has 3 nitrogen and oxygen atoms in total. The van der Waals surface area contributed by atoms with Crippen LogP contribution in [0, 0.1) is 0 Å². The van der Waals surface area contributed by atoms with Crippen molar-refractivity contribution in [2.75, 3.05) is 0 Å². The zero-order valence-corrected chi connectivity index (χ0v) is 10.4. The summed E-state index contributed by atoms with van der Waals surface area (Å²) < 4.78 is 7.22. The molecule has 0 bridgehead atoms. The van der Waals surface area contributed by atoms with Crippen LogP contribution in [0.4, 0.5) is 0 Å². The van der Waals surface area contributed by atoms with Crippen molar-refractivity contribution in [3.63, 3.8) is 0 Å². The first-order chi connectivity index (χ1) is 8.84. The maximum absolute atomic E-state index is 5.05. The zero-order valence-electron chi connectivity index (χ0n) is 10.4. The van der Waals surface area contributed by atoms with E-state index in [-0.39, 0.29) is 0 Å². The SMILES string of the molecule is Cn1cc(CNCc2ccoc2)c2ccccc21. The second-order valence-electron chi connectivity index (χ2n) is 4.52. The van der Waals surface area contributed by atoms with Gasteiger partial charge in [0.05, 0.1) is 12.5 Å². The van der Waals surface area contributed by atoms with E-state index in [2.05, 4.69) is 47.4 Å². The smallest absolute Gasteiger partial charge is 0.0947 e. The number of hydrogen-bond acceptors (Lipinski definition) is 2. The third-order valence-corrected chi connectivity index (χ3v) is 3.20. The van der Waals surface area contributed by atoms with E-state index in [4.69, 9.17) is 4.42 Å². The lowest BCUT2D eigenvalue weighted by molar-refractivity contribution is 0.560. The average molecular weight is 240 g/mol. The Morgan fingerprint density at radius 3 is 2.89 bits per heavy atom. The molecule has 3 heteroatoms. The third-order valence-electron chi connectivity index (χ3n) is 3.20. The van der Waals surface area contributed by atoms with E-state index in [9.17, 15) is 0 Å². The van der Waals surface area contributed by atoms with E-state index in [1.165, 1.54) is 22.0 Å². The molecule has 92 valence electrons. The van der Waals surface area contributed by atoms with Gasteiger partial charge >= 0.3 is 0 Å². The molecule has 2 heterocycles. The van der Waals surface area contributed by atoms with Crippen LogP contribution in [0.1, 0.15) is 11.1 Å². The molecule has 3 rings (SSSR count). The van der Waals surface area contributed by atoms with E-state index < -0.39 is 0 Å². The number of nitrogens with one attached hydrogen (secondary N) is 1. The molecule has 0 atom stereocenters. The first-order valence-electron chi connectivity index (χ1n) is 6.09. The molecule has 3 aromatic rings. The van der Waals surface area contributed by atoms with E-state index >= 15 is 0 Å². The third kappa shape index (κ3) is 2.05. The van der Waals surface area contributed by atoms with E-state index in [1.54, 1.807) is 12.5 Å². The van der Waals surface area contributed by atoms with Crippen molar-refractivity contribution in [2.45, 2.75) is 13.1 Å². The number of nitrogens with zero attached hydrogens (tertiary/aromatic N) is 1. The van der Waals surface area contributed by atoms with Gasteiger partial charge in [0.2, 0.25) is 0 Å². The van der Waals surface area contributed by atoms with Gasteiger partial charge in [0.15, 0.2) is 0 Å². The Kier molecular flexibility index (Phi) is 2.90. The molecule has 2 aromatic heterocycles. The Morgan fingerprint density at radius 1 is 1.17 bits per heavy atom. The van der Waals surface area contributed by atoms with Crippen molar-refractivity contribution in [3.05, 3.63) is 60.2 Å². The lowest BCUT2D eigenvalue weighted by atomic mass is 10.2. The van der Waals surface area contributed by atoms with Gasteiger partial charge in [0.1, 0.15) is 0 Å². The molecule has 1 N–H and O–H groups in total. The van der Waals surface area contributed by atoms with Crippen molar-refractivity contribution < 1.29 is 4.42 Å². The monoisotopic (exact) mass is 240 g/mol. The molecule has 0 aliphatic carbocycles. The molecule has 0 amide bonds. The Bertz CT molecular complexity index is 638. The highest BCUT2D eigenvalue weighted by atomic mass is 16.3. The highest BCUT2D eigenvalue weighted by Crippen LogP contribution is 2.20. The van der Waals surface area contributed by atoms with Gasteiger partial charge < -0.3 is 14.3 Å². The molecule has 18 heavy (non-hydrogen) atoms. The van der Waals surface area contributed by atoms with Gasteiger partial charge in [0, 0.05) is 42.8 Å². The number of aryl methyl sites for hydroxylation is 1. The highest BCUT2D eigenvalue weighted by Gasteiger charge is 2.05. The summed E-state index contributed by atoms with van der Waals surface area (Å²) in [7, 11) is 2.09. The lowest BCUT2D eigenvalue weighted by Gasteiger charge is -2.01. The predicted molar refractivity (Wildman–Crippen MR) is 72.2 cm³/mol. The Hall–Kier alpha value is -2.00. The summed E-state index contributed by atoms with van der Waals surface area (Å²) in [5, 5.41) is 4.76. The maximum Gasteiger partial charge on any atom is 0.0947 e. The minimum Gasteiger partial charge on any atom is -0.472 e. The quantitative estimate of drug-likeness (QED) is 0.759. The van der Waals surface area contributed by atoms with Gasteiger partial charge in [0.25, 0.3) is 0 Å². The number of furan rings is 1. The van der Waals surface area contributed by atoms with Gasteiger partial charge in [-0.15, -0.1) is 0 Å². The van der Waals surface area contributed by atoms with Crippen LogP contribution in [0.15, 0.2) is 53.5 Å². The fourth-order valence-electron chi connectivity index (χ4n) is 2.30. The van der Waals surface area contributed by atoms with Crippen LogP contribution in [-0.2, 0) is 20.1 Å². The molecule has 1 aromatic carbocycles. The Balaban J connectivity index is 1.75. The summed E-state index contributed by atoms with van der Waals surface area (Å²) in [6, 6.07) is 10.5. The Morgan fingerprint density at radius 2 is 2.06 bits per heavy atom. The van der Waals surface area contributed by atoms with Gasteiger partial charge in [-0.2, -0.15) is 0 Å². The van der Waals surface area contributed by atoms with Crippen LogP contribution in [0.5, 0.6) is 0 Å². The van der Waals surface area contributed by atoms with Crippen LogP contribution in [0.3, 0.4) is 0 Å². The second-order valence-corrected chi connectivity index (χ2v) is 4.52. The topological polar surface area (TPSA) is 30.1 Å². The number of benzene rings is 1. The van der Waals surface area contributed by atoms with Gasteiger partial charge in [-0.05, 0) is 17.7 Å². The number of aromatic nitrogens is 1. The van der Waals surface area contributed by atoms with Crippen LogP contribution >= 0.6 is 0 Å². The van der Waals surface area contributed by atoms with Crippen molar-refractivity contribution >= 4 is 10.9 Å². The number of para-hydroxylation sites is 1. The molecular formula is C15H16N2O. The van der Waals surface area contributed by atoms with Crippen molar-refractivity contribution in [3.8, 4) is 0 Å². The molecule has 0 unspecified atom stereocenters. The van der Waals surface area contributed by atoms with Crippen LogP contribution in [0.2, 0.25) is 0 Å². The molecule has 0 aliphatic heterocycles.